The van der Waals surface area contributed by atoms with Gasteiger partial charge in [-0.2, -0.15) is 5.10 Å². The van der Waals surface area contributed by atoms with Gasteiger partial charge in [-0.1, -0.05) is 0 Å². The molecule has 2 rings (SSSR count). The Kier molecular flexibility index (Phi) is 4.41. The summed E-state index contributed by atoms with van der Waals surface area (Å²) in [7, 11) is 0. The zero-order valence-electron chi connectivity index (χ0n) is 12.5. The molecule has 0 aliphatic rings. The number of amides is 1. The van der Waals surface area contributed by atoms with E-state index in [-0.39, 0.29) is 5.91 Å². The third-order valence-corrected chi connectivity index (χ3v) is 3.81. The number of hydrogen-bond acceptors (Lipinski definition) is 3. The molecule has 7 nitrogen and oxygen atoms in total. The molecule has 0 radical (unpaired) electrons. The van der Waals surface area contributed by atoms with Crippen molar-refractivity contribution >= 4 is 33.5 Å². The number of nitrogens with zero attached hydrogens (tertiary/aromatic N) is 3. The van der Waals surface area contributed by atoms with Gasteiger partial charge in [0.1, 0.15) is 5.69 Å². The predicted molar refractivity (Wildman–Crippen MR) is 84.9 cm³/mol. The summed E-state index contributed by atoms with van der Waals surface area (Å²) in [5, 5.41) is 15.9. The Morgan fingerprint density at radius 1 is 1.41 bits per heavy atom. The van der Waals surface area contributed by atoms with E-state index in [1.807, 2.05) is 17.7 Å². The van der Waals surface area contributed by atoms with E-state index in [1.165, 1.54) is 30.9 Å². The van der Waals surface area contributed by atoms with Gasteiger partial charge in [-0.05, 0) is 42.8 Å². The molecular formula is C14H17BrN4O3. The number of hydrogen-bond donors (Lipinski definition) is 2. The average molecular weight is 369 g/mol. The average Bonchev–Trinajstić information content (AvgIpc) is 3.05. The van der Waals surface area contributed by atoms with Crippen LogP contribution in [0.1, 0.15) is 31.3 Å². The summed E-state index contributed by atoms with van der Waals surface area (Å²) < 4.78 is 3.94. The lowest BCUT2D eigenvalue weighted by Gasteiger charge is -2.19. The summed E-state index contributed by atoms with van der Waals surface area (Å²) in [6, 6.07) is 1.73. The Hall–Kier alpha value is -2.09. The molecule has 2 heterocycles. The Balaban J connectivity index is 2.20. The van der Waals surface area contributed by atoms with E-state index in [9.17, 15) is 14.7 Å². The topological polar surface area (TPSA) is 89.2 Å². The van der Waals surface area contributed by atoms with Crippen molar-refractivity contribution in [3.63, 3.8) is 0 Å². The zero-order valence-corrected chi connectivity index (χ0v) is 14.1. The molecule has 0 saturated heterocycles. The fraction of sp³-hybridized carbons (Fsp3) is 0.357. The highest BCUT2D eigenvalue weighted by Crippen LogP contribution is 2.19. The number of halogens is 1. The number of aliphatic carboxylic acids is 1. The summed E-state index contributed by atoms with van der Waals surface area (Å²) in [5.41, 5.74) is -0.228. The first-order valence-corrected chi connectivity index (χ1v) is 7.50. The second-order valence-electron chi connectivity index (χ2n) is 5.32. The second-order valence-corrected chi connectivity index (χ2v) is 6.24. The number of carboxylic acids is 1. The van der Waals surface area contributed by atoms with Crippen LogP contribution in [0.15, 0.2) is 29.1 Å². The van der Waals surface area contributed by atoms with Crippen molar-refractivity contribution in [3.8, 4) is 0 Å². The van der Waals surface area contributed by atoms with E-state index >= 15 is 0 Å². The molecule has 1 amide bonds. The van der Waals surface area contributed by atoms with E-state index < -0.39 is 11.5 Å². The van der Waals surface area contributed by atoms with Crippen LogP contribution in [0.25, 0.3) is 0 Å². The van der Waals surface area contributed by atoms with E-state index in [0.29, 0.717) is 17.9 Å². The summed E-state index contributed by atoms with van der Waals surface area (Å²) in [4.78, 5) is 23.5. The SMILES string of the molecule is CCn1cc(Br)cc1C(=O)Nc1cnn(C(C)(C)C(=O)O)c1. The summed E-state index contributed by atoms with van der Waals surface area (Å²) in [6.45, 7) is 5.68. The van der Waals surface area contributed by atoms with E-state index in [0.717, 1.165) is 4.47 Å². The van der Waals surface area contributed by atoms with Crippen molar-refractivity contribution in [1.29, 1.82) is 0 Å². The lowest BCUT2D eigenvalue weighted by Crippen LogP contribution is -2.35. The van der Waals surface area contributed by atoms with Crippen LogP contribution in [0.4, 0.5) is 5.69 Å². The van der Waals surface area contributed by atoms with Gasteiger partial charge in [0.05, 0.1) is 11.9 Å². The maximum Gasteiger partial charge on any atom is 0.331 e. The highest BCUT2D eigenvalue weighted by Gasteiger charge is 2.30. The molecule has 0 fully saturated rings. The minimum Gasteiger partial charge on any atom is -0.479 e. The molecule has 0 unspecified atom stereocenters. The van der Waals surface area contributed by atoms with Gasteiger partial charge in [-0.15, -0.1) is 0 Å². The monoisotopic (exact) mass is 368 g/mol. The lowest BCUT2D eigenvalue weighted by molar-refractivity contribution is -0.146. The molecule has 0 bridgehead atoms. The fourth-order valence-electron chi connectivity index (χ4n) is 1.91. The molecule has 8 heteroatoms. The van der Waals surface area contributed by atoms with Gasteiger partial charge in [0.25, 0.3) is 5.91 Å². The number of carboxylic acid groups (broad SMARTS) is 1. The molecule has 2 N–H and O–H groups in total. The van der Waals surface area contributed by atoms with Crippen molar-refractivity contribution in [2.24, 2.45) is 0 Å². The quantitative estimate of drug-likeness (QED) is 0.848. The van der Waals surface area contributed by atoms with E-state index in [1.54, 1.807) is 6.07 Å². The van der Waals surface area contributed by atoms with Crippen LogP contribution in [-0.2, 0) is 16.9 Å². The highest BCUT2D eigenvalue weighted by molar-refractivity contribution is 9.10. The molecule has 22 heavy (non-hydrogen) atoms. The number of rotatable bonds is 5. The van der Waals surface area contributed by atoms with Gasteiger partial charge in [-0.25, -0.2) is 4.79 Å². The first kappa shape index (κ1) is 16.3. The molecule has 0 aliphatic heterocycles. The summed E-state index contributed by atoms with van der Waals surface area (Å²) >= 11 is 3.34. The van der Waals surface area contributed by atoms with Crippen molar-refractivity contribution in [2.75, 3.05) is 5.32 Å². The first-order valence-electron chi connectivity index (χ1n) is 6.71. The first-order chi connectivity index (χ1) is 10.3. The largest absolute Gasteiger partial charge is 0.479 e. The molecule has 0 aromatic carbocycles. The number of carbonyl (C=O) groups is 2. The zero-order chi connectivity index (χ0) is 16.5. The van der Waals surface area contributed by atoms with Crippen LogP contribution in [0.5, 0.6) is 0 Å². The molecule has 0 saturated carbocycles. The van der Waals surface area contributed by atoms with Crippen LogP contribution in [-0.4, -0.2) is 31.3 Å². The molecular weight excluding hydrogens is 352 g/mol. The van der Waals surface area contributed by atoms with Gasteiger partial charge in [0, 0.05) is 23.4 Å². The second kappa shape index (κ2) is 5.96. The number of nitrogens with one attached hydrogen (secondary N) is 1. The Morgan fingerprint density at radius 2 is 2.09 bits per heavy atom. The number of aromatic nitrogens is 3. The van der Waals surface area contributed by atoms with E-state index in [4.69, 9.17) is 0 Å². The lowest BCUT2D eigenvalue weighted by atomic mass is 10.1. The van der Waals surface area contributed by atoms with Gasteiger partial charge < -0.3 is 15.0 Å². The smallest absolute Gasteiger partial charge is 0.331 e. The van der Waals surface area contributed by atoms with Crippen LogP contribution in [0, 0.1) is 0 Å². The van der Waals surface area contributed by atoms with Crippen molar-refractivity contribution in [3.05, 3.63) is 34.8 Å². The Bertz CT molecular complexity index is 717. The Labute approximate surface area is 136 Å². The number of anilines is 1. The van der Waals surface area contributed by atoms with Gasteiger partial charge in [-0.3, -0.25) is 9.48 Å². The summed E-state index contributed by atoms with van der Waals surface area (Å²) in [6.07, 6.45) is 4.75. The highest BCUT2D eigenvalue weighted by atomic mass is 79.9. The summed E-state index contributed by atoms with van der Waals surface area (Å²) in [5.74, 6) is -1.28. The molecule has 0 spiro atoms. The maximum atomic E-state index is 12.3. The fourth-order valence-corrected chi connectivity index (χ4v) is 2.38. The molecule has 2 aromatic heterocycles. The van der Waals surface area contributed by atoms with Gasteiger partial charge in [0.15, 0.2) is 5.54 Å². The standard InChI is InChI=1S/C14H17BrN4O3/c1-4-18-7-9(15)5-11(18)12(20)17-10-6-16-19(8-10)14(2,3)13(21)22/h5-8H,4H2,1-3H3,(H,17,20)(H,21,22). The van der Waals surface area contributed by atoms with Crippen LogP contribution in [0.3, 0.4) is 0 Å². The minimum atomic E-state index is -1.18. The minimum absolute atomic E-state index is 0.278. The Morgan fingerprint density at radius 3 is 2.68 bits per heavy atom. The van der Waals surface area contributed by atoms with Gasteiger partial charge >= 0.3 is 5.97 Å². The number of aryl methyl sites for hydroxylation is 1. The predicted octanol–water partition coefficient (Wildman–Crippen LogP) is 2.54. The molecule has 0 aliphatic carbocycles. The van der Waals surface area contributed by atoms with Crippen molar-refractivity contribution in [1.82, 2.24) is 14.3 Å². The molecule has 118 valence electrons. The molecule has 2 aromatic rings. The van der Waals surface area contributed by atoms with E-state index in [2.05, 4.69) is 26.3 Å². The van der Waals surface area contributed by atoms with Gasteiger partial charge in [0.2, 0.25) is 0 Å². The number of carbonyl (C=O) groups excluding carboxylic acids is 1. The molecule has 0 atom stereocenters. The van der Waals surface area contributed by atoms with Crippen molar-refractivity contribution < 1.29 is 14.7 Å². The normalized spacial score (nSPS) is 11.5. The third kappa shape index (κ3) is 3.06. The maximum absolute atomic E-state index is 12.3. The van der Waals surface area contributed by atoms with Crippen LogP contribution >= 0.6 is 15.9 Å². The van der Waals surface area contributed by atoms with Crippen LogP contribution in [0.2, 0.25) is 0 Å². The van der Waals surface area contributed by atoms with Crippen LogP contribution < -0.4 is 5.32 Å². The third-order valence-electron chi connectivity index (χ3n) is 3.37. The van der Waals surface area contributed by atoms with Crippen molar-refractivity contribution in [2.45, 2.75) is 32.9 Å².